The topological polar surface area (TPSA) is 73.8 Å². The van der Waals surface area contributed by atoms with Gasteiger partial charge in [0.15, 0.2) is 11.5 Å². The van der Waals surface area contributed by atoms with Crippen LogP contribution in [0.15, 0.2) is 42.9 Å². The van der Waals surface area contributed by atoms with Gasteiger partial charge in [-0.05, 0) is 23.8 Å². The molecule has 7 heteroatoms. The quantitative estimate of drug-likeness (QED) is 0.740. The number of likely N-dealkylation sites (tertiary alicyclic amines) is 1. The van der Waals surface area contributed by atoms with E-state index < -0.39 is 0 Å². The number of carbonyl (C=O) groups excluding carboxylic acids is 1. The summed E-state index contributed by atoms with van der Waals surface area (Å²) in [4.78, 5) is 22.2. The van der Waals surface area contributed by atoms with Crippen molar-refractivity contribution in [1.29, 1.82) is 0 Å². The molecule has 136 valence electrons. The summed E-state index contributed by atoms with van der Waals surface area (Å²) in [6.07, 6.45) is 8.78. The third-order valence-electron chi connectivity index (χ3n) is 4.11. The van der Waals surface area contributed by atoms with Gasteiger partial charge >= 0.3 is 0 Å². The van der Waals surface area contributed by atoms with Crippen LogP contribution in [0.4, 0.5) is 0 Å². The highest BCUT2D eigenvalue weighted by molar-refractivity contribution is 5.92. The highest BCUT2D eigenvalue weighted by atomic mass is 16.5. The van der Waals surface area contributed by atoms with Gasteiger partial charge in [-0.15, -0.1) is 0 Å². The Kier molecular flexibility index (Phi) is 5.68. The first-order valence-electron chi connectivity index (χ1n) is 8.31. The van der Waals surface area contributed by atoms with Crippen LogP contribution in [0, 0.1) is 0 Å². The van der Waals surface area contributed by atoms with Crippen molar-refractivity contribution in [2.24, 2.45) is 0 Å². The summed E-state index contributed by atoms with van der Waals surface area (Å²) in [5.74, 6) is 1.71. The van der Waals surface area contributed by atoms with Crippen LogP contribution in [0.2, 0.25) is 0 Å². The largest absolute Gasteiger partial charge is 0.493 e. The molecule has 0 radical (unpaired) electrons. The molecule has 1 aliphatic rings. The number of benzene rings is 1. The van der Waals surface area contributed by atoms with E-state index in [1.807, 2.05) is 18.2 Å². The molecule has 0 unspecified atom stereocenters. The average Bonchev–Trinajstić information content (AvgIpc) is 3.15. The molecule has 1 aromatic heterocycles. The van der Waals surface area contributed by atoms with Gasteiger partial charge in [-0.3, -0.25) is 9.78 Å². The number of hydrogen-bond donors (Lipinski definition) is 0. The third kappa shape index (κ3) is 4.30. The summed E-state index contributed by atoms with van der Waals surface area (Å²) >= 11 is 0. The molecule has 0 N–H and O–H groups in total. The molecule has 1 atom stereocenters. The fourth-order valence-electron chi connectivity index (χ4n) is 2.77. The highest BCUT2D eigenvalue weighted by Crippen LogP contribution is 2.28. The average molecular weight is 355 g/mol. The van der Waals surface area contributed by atoms with Gasteiger partial charge in [-0.2, -0.15) is 0 Å². The second kappa shape index (κ2) is 8.33. The van der Waals surface area contributed by atoms with Crippen molar-refractivity contribution in [3.63, 3.8) is 0 Å². The second-order valence-electron chi connectivity index (χ2n) is 5.80. The van der Waals surface area contributed by atoms with Gasteiger partial charge in [-0.1, -0.05) is 6.07 Å². The van der Waals surface area contributed by atoms with Gasteiger partial charge < -0.3 is 19.1 Å². The second-order valence-corrected chi connectivity index (χ2v) is 5.80. The predicted octanol–water partition coefficient (Wildman–Crippen LogP) is 2.19. The molecular weight excluding hydrogens is 334 g/mol. The number of methoxy groups -OCH3 is 2. The smallest absolute Gasteiger partial charge is 0.246 e. The number of carbonyl (C=O) groups is 1. The Morgan fingerprint density at radius 2 is 2.08 bits per heavy atom. The van der Waals surface area contributed by atoms with E-state index in [0.29, 0.717) is 30.5 Å². The minimum Gasteiger partial charge on any atom is -0.493 e. The molecule has 1 fully saturated rings. The van der Waals surface area contributed by atoms with Crippen molar-refractivity contribution in [2.45, 2.75) is 12.5 Å². The molecule has 0 spiro atoms. The molecule has 1 amide bonds. The van der Waals surface area contributed by atoms with E-state index in [1.165, 1.54) is 0 Å². The molecule has 7 nitrogen and oxygen atoms in total. The minimum atomic E-state index is -0.0647. The van der Waals surface area contributed by atoms with Crippen LogP contribution < -0.4 is 14.2 Å². The lowest BCUT2D eigenvalue weighted by Crippen LogP contribution is -2.29. The van der Waals surface area contributed by atoms with Gasteiger partial charge in [0.05, 0.1) is 27.0 Å². The molecular formula is C19H21N3O4. The molecule has 0 bridgehead atoms. The first-order chi connectivity index (χ1) is 12.7. The van der Waals surface area contributed by atoms with E-state index >= 15 is 0 Å². The maximum Gasteiger partial charge on any atom is 0.246 e. The minimum absolute atomic E-state index is 0.0509. The Labute approximate surface area is 152 Å². The summed E-state index contributed by atoms with van der Waals surface area (Å²) in [6.45, 7) is 1.19. The Balaban J connectivity index is 1.57. The van der Waals surface area contributed by atoms with Gasteiger partial charge in [-0.25, -0.2) is 4.98 Å². The molecule has 1 saturated heterocycles. The molecule has 26 heavy (non-hydrogen) atoms. The Morgan fingerprint density at radius 3 is 2.81 bits per heavy atom. The van der Waals surface area contributed by atoms with Gasteiger partial charge in [0, 0.05) is 31.4 Å². The van der Waals surface area contributed by atoms with Crippen molar-refractivity contribution in [3.8, 4) is 17.4 Å². The van der Waals surface area contributed by atoms with Crippen molar-refractivity contribution in [2.75, 3.05) is 27.3 Å². The molecule has 2 heterocycles. The van der Waals surface area contributed by atoms with Crippen molar-refractivity contribution in [1.82, 2.24) is 14.9 Å². The van der Waals surface area contributed by atoms with Crippen LogP contribution in [0.5, 0.6) is 17.4 Å². The van der Waals surface area contributed by atoms with Crippen molar-refractivity contribution in [3.05, 3.63) is 48.4 Å². The summed E-state index contributed by atoms with van der Waals surface area (Å²) in [5.41, 5.74) is 0.863. The molecule has 3 rings (SSSR count). The van der Waals surface area contributed by atoms with Crippen LogP contribution >= 0.6 is 0 Å². The molecule has 1 aliphatic heterocycles. The van der Waals surface area contributed by atoms with Crippen molar-refractivity contribution < 1.29 is 19.0 Å². The van der Waals surface area contributed by atoms with E-state index in [2.05, 4.69) is 9.97 Å². The number of rotatable bonds is 6. The summed E-state index contributed by atoms with van der Waals surface area (Å²) in [7, 11) is 3.17. The Hall–Kier alpha value is -3.09. The van der Waals surface area contributed by atoms with Gasteiger partial charge in [0.25, 0.3) is 0 Å². The van der Waals surface area contributed by atoms with E-state index in [1.54, 1.807) is 49.9 Å². The zero-order valence-corrected chi connectivity index (χ0v) is 14.8. The molecule has 0 aliphatic carbocycles. The fraction of sp³-hybridized carbons (Fsp3) is 0.316. The van der Waals surface area contributed by atoms with E-state index in [-0.39, 0.29) is 12.0 Å². The fourth-order valence-corrected chi connectivity index (χ4v) is 2.77. The zero-order valence-electron chi connectivity index (χ0n) is 14.8. The lowest BCUT2D eigenvalue weighted by Gasteiger charge is -2.15. The maximum atomic E-state index is 12.4. The number of ether oxygens (including phenoxy) is 3. The Morgan fingerprint density at radius 1 is 1.23 bits per heavy atom. The lowest BCUT2D eigenvalue weighted by molar-refractivity contribution is -0.125. The van der Waals surface area contributed by atoms with E-state index in [0.717, 1.165) is 12.0 Å². The molecule has 2 aromatic rings. The predicted molar refractivity (Wildman–Crippen MR) is 96.2 cm³/mol. The monoisotopic (exact) mass is 355 g/mol. The van der Waals surface area contributed by atoms with Gasteiger partial charge in [0.2, 0.25) is 11.8 Å². The number of amides is 1. The zero-order chi connectivity index (χ0) is 18.4. The molecule has 0 saturated carbocycles. The number of hydrogen-bond acceptors (Lipinski definition) is 6. The maximum absolute atomic E-state index is 12.4. The number of aromatic nitrogens is 2. The first-order valence-corrected chi connectivity index (χ1v) is 8.31. The standard InChI is InChI=1S/C19H21N3O4/c1-24-16-5-3-14(11-17(16)25-2)4-6-19(23)22-10-7-15(13-22)26-18-12-20-8-9-21-18/h3-6,8-9,11-12,15H,7,10,13H2,1-2H3/b6-4+/t15-/m0/s1. The van der Waals surface area contributed by atoms with Crippen LogP contribution in [0.3, 0.4) is 0 Å². The third-order valence-corrected chi connectivity index (χ3v) is 4.11. The first kappa shape index (κ1) is 17.7. The summed E-state index contributed by atoms with van der Waals surface area (Å²) in [6, 6.07) is 5.51. The van der Waals surface area contributed by atoms with E-state index in [9.17, 15) is 4.79 Å². The summed E-state index contributed by atoms with van der Waals surface area (Å²) in [5, 5.41) is 0. The van der Waals surface area contributed by atoms with Crippen LogP contribution in [0.25, 0.3) is 6.08 Å². The van der Waals surface area contributed by atoms with Crippen LogP contribution in [0.1, 0.15) is 12.0 Å². The van der Waals surface area contributed by atoms with E-state index in [4.69, 9.17) is 14.2 Å². The van der Waals surface area contributed by atoms with Crippen LogP contribution in [-0.4, -0.2) is 54.2 Å². The Bertz CT molecular complexity index is 780. The normalized spacial score (nSPS) is 16.7. The van der Waals surface area contributed by atoms with Crippen LogP contribution in [-0.2, 0) is 4.79 Å². The van der Waals surface area contributed by atoms with Gasteiger partial charge in [0.1, 0.15) is 6.10 Å². The summed E-state index contributed by atoms with van der Waals surface area (Å²) < 4.78 is 16.2. The lowest BCUT2D eigenvalue weighted by atomic mass is 10.2. The highest BCUT2D eigenvalue weighted by Gasteiger charge is 2.26. The number of nitrogens with zero attached hydrogens (tertiary/aromatic N) is 3. The van der Waals surface area contributed by atoms with Crippen molar-refractivity contribution >= 4 is 12.0 Å². The molecule has 1 aromatic carbocycles. The SMILES string of the molecule is COc1ccc(/C=C/C(=O)N2CC[C@H](Oc3cnccn3)C2)cc1OC.